The number of unbranched alkanes of at least 4 members (excludes halogenated alkanes) is 1. The van der Waals surface area contributed by atoms with Gasteiger partial charge in [0.25, 0.3) is 0 Å². The van der Waals surface area contributed by atoms with Crippen LogP contribution < -0.4 is 9.68 Å². The van der Waals surface area contributed by atoms with E-state index >= 15 is 0 Å². The number of hydrogen-bond acceptors (Lipinski definition) is 3. The molecule has 1 heterocycles. The van der Waals surface area contributed by atoms with Crippen LogP contribution in [0.25, 0.3) is 11.1 Å². The third-order valence-corrected chi connectivity index (χ3v) is 8.39. The van der Waals surface area contributed by atoms with Crippen LogP contribution in [-0.4, -0.2) is 37.3 Å². The molecule has 0 aromatic heterocycles. The number of fused-ring (bicyclic) bond motifs is 1. The summed E-state index contributed by atoms with van der Waals surface area (Å²) in [5, 5.41) is 0. The minimum absolute atomic E-state index is 0.132. The predicted octanol–water partition coefficient (Wildman–Crippen LogP) is 8.71. The van der Waals surface area contributed by atoms with Gasteiger partial charge < -0.3 is 4.74 Å². The summed E-state index contributed by atoms with van der Waals surface area (Å²) in [6.45, 7) is 6.76. The first kappa shape index (κ1) is 28.4. The summed E-state index contributed by atoms with van der Waals surface area (Å²) < 4.78 is 32.0. The van der Waals surface area contributed by atoms with E-state index in [-0.39, 0.29) is 18.5 Å². The summed E-state index contributed by atoms with van der Waals surface area (Å²) in [6.07, 6.45) is 7.93. The monoisotopic (exact) mass is 545 g/mol. The van der Waals surface area contributed by atoms with Gasteiger partial charge in [0.2, 0.25) is 0 Å². The lowest BCUT2D eigenvalue weighted by Gasteiger charge is -2.19. The molecule has 1 atom stereocenters. The fourth-order valence-electron chi connectivity index (χ4n) is 6.20. The minimum atomic E-state index is -0.269. The number of rotatable bonds is 11. The first-order valence-corrected chi connectivity index (χ1v) is 14.9. The molecule has 0 spiro atoms. The smallest absolute Gasteiger partial charge is 0.172 e. The second-order valence-corrected chi connectivity index (χ2v) is 11.2. The molecule has 0 saturated carbocycles. The van der Waals surface area contributed by atoms with Crippen LogP contribution >= 0.6 is 0 Å². The maximum atomic E-state index is 13.1. The Balaban J connectivity index is 1.50. The van der Waals surface area contributed by atoms with Crippen LogP contribution in [-0.2, 0) is 12.8 Å². The number of alkyl halides is 1. The molecule has 2 aliphatic rings. The summed E-state index contributed by atoms with van der Waals surface area (Å²) >= 11 is 0. The Morgan fingerprint density at radius 2 is 1.73 bits per heavy atom. The zero-order valence-electron chi connectivity index (χ0n) is 23.9. The number of aryl methyl sites for hydroxylation is 3. The molecule has 5 rings (SSSR count). The van der Waals surface area contributed by atoms with Gasteiger partial charge in [0.1, 0.15) is 11.9 Å². The van der Waals surface area contributed by atoms with Gasteiger partial charge in [-0.05, 0) is 121 Å². The summed E-state index contributed by atoms with van der Waals surface area (Å²) in [5.41, 5.74) is 9.94. The van der Waals surface area contributed by atoms with Crippen LogP contribution in [0.1, 0.15) is 78.8 Å². The summed E-state index contributed by atoms with van der Waals surface area (Å²) in [7, 11) is 0. The molecule has 0 N–H and O–H groups in total. The lowest BCUT2D eigenvalue weighted by molar-refractivity contribution is -0.00629. The fraction of sp³-hybridized carbons (Fsp3) is 0.429. The largest absolute Gasteiger partial charge is 0.489 e. The van der Waals surface area contributed by atoms with Gasteiger partial charge in [0.15, 0.2) is 5.75 Å². The van der Waals surface area contributed by atoms with Crippen LogP contribution in [0.15, 0.2) is 60.7 Å². The predicted molar refractivity (Wildman–Crippen MR) is 159 cm³/mol. The van der Waals surface area contributed by atoms with E-state index in [1.807, 2.05) is 12.1 Å². The molecule has 5 heteroatoms. The van der Waals surface area contributed by atoms with Gasteiger partial charge >= 0.3 is 0 Å². The highest BCUT2D eigenvalue weighted by molar-refractivity contribution is 6.00. The van der Waals surface area contributed by atoms with Crippen molar-refractivity contribution in [3.63, 3.8) is 0 Å². The quantitative estimate of drug-likeness (QED) is 0.241. The van der Waals surface area contributed by atoms with Gasteiger partial charge in [-0.15, -0.1) is 0 Å². The Hall–Kier alpha value is -3.18. The Bertz CT molecular complexity index is 1320. The molecule has 1 saturated heterocycles. The summed E-state index contributed by atoms with van der Waals surface area (Å²) in [4.78, 5) is 6.38. The topological polar surface area (TPSA) is 21.7 Å². The van der Waals surface area contributed by atoms with E-state index in [4.69, 9.17) is 4.74 Å². The van der Waals surface area contributed by atoms with E-state index in [9.17, 15) is 8.92 Å². The first-order valence-electron chi connectivity index (χ1n) is 14.9. The molecule has 212 valence electrons. The highest BCUT2D eigenvalue weighted by Crippen LogP contribution is 2.41. The molecule has 1 unspecified atom stereocenters. The fourth-order valence-corrected chi connectivity index (χ4v) is 6.20. The summed E-state index contributed by atoms with van der Waals surface area (Å²) in [5.74, 6) is 1.11. The van der Waals surface area contributed by atoms with Crippen LogP contribution in [0, 0.1) is 6.92 Å². The van der Waals surface area contributed by atoms with E-state index in [1.54, 1.807) is 6.07 Å². The van der Waals surface area contributed by atoms with Crippen molar-refractivity contribution >= 4 is 11.1 Å². The van der Waals surface area contributed by atoms with E-state index < -0.39 is 0 Å². The number of hydrogen-bond donors (Lipinski definition) is 0. The average molecular weight is 546 g/mol. The lowest BCUT2D eigenvalue weighted by Crippen LogP contribution is -2.26. The lowest BCUT2D eigenvalue weighted by atomic mass is 9.86. The van der Waals surface area contributed by atoms with Crippen LogP contribution in [0.4, 0.5) is 8.92 Å². The van der Waals surface area contributed by atoms with Gasteiger partial charge in [0, 0.05) is 24.2 Å². The Labute approximate surface area is 237 Å². The van der Waals surface area contributed by atoms with Crippen molar-refractivity contribution in [1.29, 1.82) is 0 Å². The first-order chi connectivity index (χ1) is 19.6. The van der Waals surface area contributed by atoms with E-state index in [0.717, 1.165) is 74.2 Å². The van der Waals surface area contributed by atoms with Crippen molar-refractivity contribution in [2.24, 2.45) is 0 Å². The van der Waals surface area contributed by atoms with Crippen LogP contribution in [0.5, 0.6) is 11.5 Å². The third-order valence-electron chi connectivity index (χ3n) is 8.39. The number of halogens is 2. The maximum Gasteiger partial charge on any atom is 0.172 e. The van der Waals surface area contributed by atoms with E-state index in [1.165, 1.54) is 40.7 Å². The molecule has 3 aromatic rings. The highest BCUT2D eigenvalue weighted by atomic mass is 19.3. The van der Waals surface area contributed by atoms with Gasteiger partial charge in [0.05, 0.1) is 6.67 Å². The molecule has 3 aromatic carbocycles. The number of nitrogens with zero attached hydrogens (tertiary/aromatic N) is 1. The molecule has 0 radical (unpaired) electrons. The van der Waals surface area contributed by atoms with Gasteiger partial charge in [-0.2, -0.15) is 0 Å². The number of ether oxygens (including phenoxy) is 1. The van der Waals surface area contributed by atoms with E-state index in [2.05, 4.69) is 66.2 Å². The molecule has 3 nitrogen and oxygen atoms in total. The zero-order valence-corrected chi connectivity index (χ0v) is 23.9. The van der Waals surface area contributed by atoms with Crippen molar-refractivity contribution in [3.8, 4) is 11.5 Å². The van der Waals surface area contributed by atoms with E-state index in [0.29, 0.717) is 6.42 Å². The molecule has 0 amide bonds. The van der Waals surface area contributed by atoms with Crippen molar-refractivity contribution in [1.82, 2.24) is 4.90 Å². The zero-order chi connectivity index (χ0) is 27.9. The molecule has 40 heavy (non-hydrogen) atoms. The normalized spacial score (nSPS) is 17.6. The molecular weight excluding hydrogens is 504 g/mol. The second kappa shape index (κ2) is 13.5. The standard InChI is InChI=1S/C35H41F2NO2/c1-3-4-7-27-22-29(11-10-25(27)2)33-9-5-8-28-23-31(40-37)16-17-34(28)35(33)26-12-14-30(15-13-26)39-32-18-21-38(24-32)20-6-19-36/h10-17,22-23,32H,3-9,18-21,24H2,1-2H3. The highest BCUT2D eigenvalue weighted by Gasteiger charge is 2.24. The maximum absolute atomic E-state index is 13.1. The molecule has 1 aliphatic carbocycles. The molecular formula is C35H41F2NO2. The molecule has 1 aliphatic heterocycles. The number of allylic oxidation sites excluding steroid dienone is 1. The van der Waals surface area contributed by atoms with Crippen LogP contribution in [0.3, 0.4) is 0 Å². The van der Waals surface area contributed by atoms with Crippen molar-refractivity contribution < 1.29 is 18.6 Å². The molecule has 1 fully saturated rings. The Morgan fingerprint density at radius 3 is 2.50 bits per heavy atom. The third kappa shape index (κ3) is 6.58. The minimum Gasteiger partial charge on any atom is -0.489 e. The van der Waals surface area contributed by atoms with Gasteiger partial charge in [-0.1, -0.05) is 49.7 Å². The number of benzene rings is 3. The second-order valence-electron chi connectivity index (χ2n) is 11.2. The van der Waals surface area contributed by atoms with Gasteiger partial charge in [-0.3, -0.25) is 14.2 Å². The van der Waals surface area contributed by atoms with Crippen molar-refractivity contribution in [2.75, 3.05) is 26.3 Å². The number of likely N-dealkylation sites (tertiary alicyclic amines) is 1. The molecule has 0 bridgehead atoms. The van der Waals surface area contributed by atoms with Gasteiger partial charge in [-0.25, -0.2) is 0 Å². The SMILES string of the molecule is CCCCc1cc(C2=C(c3ccc(OC4CCN(CCCF)C4)cc3)c3ccc(OF)cc3CCC2)ccc1C. The Kier molecular flexibility index (Phi) is 9.53. The van der Waals surface area contributed by atoms with Crippen molar-refractivity contribution in [3.05, 3.63) is 94.0 Å². The van der Waals surface area contributed by atoms with Crippen molar-refractivity contribution in [2.45, 2.75) is 71.3 Å². The Morgan fingerprint density at radius 1 is 0.925 bits per heavy atom. The average Bonchev–Trinajstić information content (AvgIpc) is 3.34. The van der Waals surface area contributed by atoms with Crippen LogP contribution in [0.2, 0.25) is 0 Å². The summed E-state index contributed by atoms with van der Waals surface area (Å²) in [6, 6.07) is 20.9.